The predicted molar refractivity (Wildman–Crippen MR) is 69.8 cm³/mol. The summed E-state index contributed by atoms with van der Waals surface area (Å²) in [5.41, 5.74) is 1.08. The van der Waals surface area contributed by atoms with Gasteiger partial charge >= 0.3 is 5.97 Å². The van der Waals surface area contributed by atoms with E-state index in [4.69, 9.17) is 9.84 Å². The lowest BCUT2D eigenvalue weighted by molar-refractivity contribution is -0.131. The molecule has 2 rings (SSSR count). The van der Waals surface area contributed by atoms with Crippen LogP contribution in [0.3, 0.4) is 0 Å². The number of hydrogen-bond acceptors (Lipinski definition) is 3. The lowest BCUT2D eigenvalue weighted by Gasteiger charge is -1.99. The molecule has 3 nitrogen and oxygen atoms in total. The van der Waals surface area contributed by atoms with E-state index in [1.165, 1.54) is 0 Å². The van der Waals surface area contributed by atoms with E-state index in [-0.39, 0.29) is 0 Å². The number of ether oxygens (including phenoxy) is 1. The van der Waals surface area contributed by atoms with Crippen LogP contribution in [0.1, 0.15) is 10.4 Å². The molecule has 1 aromatic heterocycles. The van der Waals surface area contributed by atoms with Crippen LogP contribution in [0, 0.1) is 6.92 Å². The molecular formula is C13H12O3S. The number of aliphatic carboxylic acids is 1. The van der Waals surface area contributed by atoms with Crippen LogP contribution in [0.5, 0.6) is 5.75 Å². The fourth-order valence-corrected chi connectivity index (χ4v) is 2.75. The Labute approximate surface area is 103 Å². The molecule has 88 valence electrons. The number of carboxylic acids is 1. The summed E-state index contributed by atoms with van der Waals surface area (Å²) in [5, 5.41) is 9.73. The molecule has 0 aliphatic heterocycles. The third kappa shape index (κ3) is 2.31. The Morgan fingerprint density at radius 1 is 1.47 bits per heavy atom. The summed E-state index contributed by atoms with van der Waals surface area (Å²) in [6.07, 6.45) is 2.80. The van der Waals surface area contributed by atoms with Gasteiger partial charge in [0.25, 0.3) is 0 Å². The molecule has 1 heterocycles. The van der Waals surface area contributed by atoms with Gasteiger partial charge in [0, 0.05) is 15.7 Å². The van der Waals surface area contributed by atoms with Crippen LogP contribution in [0.4, 0.5) is 0 Å². The normalized spacial score (nSPS) is 11.2. The van der Waals surface area contributed by atoms with Gasteiger partial charge in [-0.15, -0.1) is 11.3 Å². The van der Waals surface area contributed by atoms with Gasteiger partial charge < -0.3 is 9.84 Å². The number of benzene rings is 1. The molecule has 2 aromatic rings. The first-order valence-corrected chi connectivity index (χ1v) is 5.91. The minimum absolute atomic E-state index is 0.812. The first kappa shape index (κ1) is 11.7. The predicted octanol–water partition coefficient (Wildman–Crippen LogP) is 3.32. The van der Waals surface area contributed by atoms with Crippen molar-refractivity contribution in [3.05, 3.63) is 34.7 Å². The van der Waals surface area contributed by atoms with Crippen LogP contribution in [-0.2, 0) is 4.79 Å². The molecule has 0 bridgehead atoms. The number of rotatable bonds is 3. The van der Waals surface area contributed by atoms with Crippen LogP contribution >= 0.6 is 11.3 Å². The van der Waals surface area contributed by atoms with Crippen molar-refractivity contribution >= 4 is 33.5 Å². The first-order chi connectivity index (χ1) is 8.11. The zero-order valence-corrected chi connectivity index (χ0v) is 10.4. The molecule has 1 aromatic carbocycles. The third-order valence-electron chi connectivity index (χ3n) is 2.56. The molecule has 0 aliphatic rings. The second kappa shape index (κ2) is 4.59. The number of hydrogen-bond donors (Lipinski definition) is 1. The summed E-state index contributed by atoms with van der Waals surface area (Å²) in [4.78, 5) is 11.5. The molecule has 0 aliphatic carbocycles. The van der Waals surface area contributed by atoms with E-state index < -0.39 is 5.97 Å². The highest BCUT2D eigenvalue weighted by Gasteiger charge is 2.07. The third-order valence-corrected chi connectivity index (χ3v) is 3.80. The SMILES string of the molecule is COc1ccc2sc(/C=C/C(=O)O)c(C)c2c1. The number of aryl methyl sites for hydroxylation is 1. The van der Waals surface area contributed by atoms with E-state index in [0.717, 1.165) is 32.4 Å². The van der Waals surface area contributed by atoms with Crippen molar-refractivity contribution in [2.24, 2.45) is 0 Å². The van der Waals surface area contributed by atoms with E-state index >= 15 is 0 Å². The Balaban J connectivity index is 2.53. The molecule has 0 radical (unpaired) electrons. The Kier molecular flexibility index (Phi) is 3.15. The van der Waals surface area contributed by atoms with Crippen LogP contribution in [-0.4, -0.2) is 18.2 Å². The van der Waals surface area contributed by atoms with E-state index in [1.807, 2.05) is 25.1 Å². The van der Waals surface area contributed by atoms with Crippen LogP contribution in [0.2, 0.25) is 0 Å². The van der Waals surface area contributed by atoms with Gasteiger partial charge in [0.15, 0.2) is 0 Å². The minimum atomic E-state index is -0.931. The zero-order valence-electron chi connectivity index (χ0n) is 9.56. The maximum atomic E-state index is 10.5. The van der Waals surface area contributed by atoms with Crippen LogP contribution < -0.4 is 4.74 Å². The van der Waals surface area contributed by atoms with E-state index in [2.05, 4.69) is 0 Å². The van der Waals surface area contributed by atoms with E-state index in [0.29, 0.717) is 0 Å². The smallest absolute Gasteiger partial charge is 0.328 e. The maximum absolute atomic E-state index is 10.5. The molecule has 0 spiro atoms. The Hall–Kier alpha value is -1.81. The van der Waals surface area contributed by atoms with Gasteiger partial charge in [-0.2, -0.15) is 0 Å². The largest absolute Gasteiger partial charge is 0.497 e. The van der Waals surface area contributed by atoms with Crippen molar-refractivity contribution < 1.29 is 14.6 Å². The van der Waals surface area contributed by atoms with Gasteiger partial charge in [0.2, 0.25) is 0 Å². The Morgan fingerprint density at radius 3 is 2.88 bits per heavy atom. The second-order valence-electron chi connectivity index (χ2n) is 3.62. The van der Waals surface area contributed by atoms with Crippen molar-refractivity contribution in [1.29, 1.82) is 0 Å². The lowest BCUT2D eigenvalue weighted by atomic mass is 10.1. The lowest BCUT2D eigenvalue weighted by Crippen LogP contribution is -1.85. The molecule has 0 fully saturated rings. The average Bonchev–Trinajstić information content (AvgIpc) is 2.63. The summed E-state index contributed by atoms with van der Waals surface area (Å²) in [6.45, 7) is 1.99. The maximum Gasteiger partial charge on any atom is 0.328 e. The molecule has 0 saturated carbocycles. The zero-order chi connectivity index (χ0) is 12.4. The van der Waals surface area contributed by atoms with E-state index in [9.17, 15) is 4.79 Å². The summed E-state index contributed by atoms with van der Waals surface area (Å²) in [6, 6.07) is 5.87. The summed E-state index contributed by atoms with van der Waals surface area (Å²) in [5.74, 6) is -0.119. The van der Waals surface area contributed by atoms with Crippen molar-refractivity contribution in [3.63, 3.8) is 0 Å². The molecule has 0 unspecified atom stereocenters. The van der Waals surface area contributed by atoms with Gasteiger partial charge in [-0.05, 0) is 42.1 Å². The van der Waals surface area contributed by atoms with Crippen molar-refractivity contribution in [3.8, 4) is 5.75 Å². The summed E-state index contributed by atoms with van der Waals surface area (Å²) in [7, 11) is 1.63. The molecule has 1 N–H and O–H groups in total. The van der Waals surface area contributed by atoms with Crippen molar-refractivity contribution in [1.82, 2.24) is 0 Å². The monoisotopic (exact) mass is 248 g/mol. The highest BCUT2D eigenvalue weighted by molar-refractivity contribution is 7.20. The first-order valence-electron chi connectivity index (χ1n) is 5.10. The Morgan fingerprint density at radius 2 is 2.24 bits per heavy atom. The number of carboxylic acid groups (broad SMARTS) is 1. The van der Waals surface area contributed by atoms with Gasteiger partial charge in [0.05, 0.1) is 7.11 Å². The van der Waals surface area contributed by atoms with Crippen molar-refractivity contribution in [2.75, 3.05) is 7.11 Å². The van der Waals surface area contributed by atoms with Crippen molar-refractivity contribution in [2.45, 2.75) is 6.92 Å². The standard InChI is InChI=1S/C13H12O3S/c1-8-10-7-9(16-2)3-4-12(10)17-11(8)5-6-13(14)15/h3-7H,1-2H3,(H,14,15)/b6-5+. The minimum Gasteiger partial charge on any atom is -0.497 e. The van der Waals surface area contributed by atoms with E-state index in [1.54, 1.807) is 24.5 Å². The highest BCUT2D eigenvalue weighted by atomic mass is 32.1. The molecule has 4 heteroatoms. The van der Waals surface area contributed by atoms with Gasteiger partial charge in [-0.3, -0.25) is 0 Å². The molecule has 0 atom stereocenters. The number of fused-ring (bicyclic) bond motifs is 1. The van der Waals surface area contributed by atoms with Gasteiger partial charge in [-0.1, -0.05) is 0 Å². The molecule has 0 saturated heterocycles. The Bertz CT molecular complexity index is 596. The summed E-state index contributed by atoms with van der Waals surface area (Å²) >= 11 is 1.58. The summed E-state index contributed by atoms with van der Waals surface area (Å²) < 4.78 is 6.31. The molecule has 0 amide bonds. The topological polar surface area (TPSA) is 46.5 Å². The second-order valence-corrected chi connectivity index (χ2v) is 4.71. The fourth-order valence-electron chi connectivity index (χ4n) is 1.65. The fraction of sp³-hybridized carbons (Fsp3) is 0.154. The van der Waals surface area contributed by atoms with Gasteiger partial charge in [0.1, 0.15) is 5.75 Å². The highest BCUT2D eigenvalue weighted by Crippen LogP contribution is 2.33. The molecule has 17 heavy (non-hydrogen) atoms. The number of thiophene rings is 1. The molecular weight excluding hydrogens is 236 g/mol. The number of methoxy groups -OCH3 is 1. The number of carbonyl (C=O) groups is 1. The average molecular weight is 248 g/mol. The van der Waals surface area contributed by atoms with Crippen LogP contribution in [0.15, 0.2) is 24.3 Å². The quantitative estimate of drug-likeness (QED) is 0.847. The van der Waals surface area contributed by atoms with Gasteiger partial charge in [-0.25, -0.2) is 4.79 Å². The van der Waals surface area contributed by atoms with Crippen LogP contribution in [0.25, 0.3) is 16.2 Å².